The summed E-state index contributed by atoms with van der Waals surface area (Å²) < 4.78 is 5.58. The maximum absolute atomic E-state index is 12.6. The highest BCUT2D eigenvalue weighted by atomic mass is 16.5. The number of carboxylic acids is 2. The maximum Gasteiger partial charge on any atom is 0.332 e. The third kappa shape index (κ3) is 5.22. The van der Waals surface area contributed by atoms with E-state index in [4.69, 9.17) is 4.74 Å². The third-order valence-corrected chi connectivity index (χ3v) is 5.24. The van der Waals surface area contributed by atoms with Crippen molar-refractivity contribution in [1.29, 1.82) is 0 Å². The molecule has 0 saturated heterocycles. The van der Waals surface area contributed by atoms with Crippen molar-refractivity contribution in [3.63, 3.8) is 0 Å². The second kappa shape index (κ2) is 9.37. The van der Waals surface area contributed by atoms with Crippen LogP contribution in [0, 0.1) is 0 Å². The Balaban J connectivity index is 2.02. The minimum Gasteiger partial charge on any atom is -0.481 e. The van der Waals surface area contributed by atoms with Crippen LogP contribution < -0.4 is 0 Å². The average Bonchev–Trinajstić information content (AvgIpc) is 2.70. The van der Waals surface area contributed by atoms with E-state index >= 15 is 0 Å². The molecule has 0 aliphatic heterocycles. The molecule has 0 atom stereocenters. The SMILES string of the molecule is O=C(O)CC(C(=O)O)=C(CC(=O)OC1CCCCC1)c1cccc2ccccc12. The Morgan fingerprint density at radius 3 is 2.28 bits per heavy atom. The van der Waals surface area contributed by atoms with E-state index in [1.165, 1.54) is 0 Å². The molecule has 29 heavy (non-hydrogen) atoms. The van der Waals surface area contributed by atoms with Gasteiger partial charge in [0.15, 0.2) is 0 Å². The summed E-state index contributed by atoms with van der Waals surface area (Å²) in [4.78, 5) is 35.8. The van der Waals surface area contributed by atoms with Gasteiger partial charge >= 0.3 is 17.9 Å². The van der Waals surface area contributed by atoms with Crippen LogP contribution in [-0.2, 0) is 19.1 Å². The van der Waals surface area contributed by atoms with E-state index < -0.39 is 24.3 Å². The molecule has 1 saturated carbocycles. The van der Waals surface area contributed by atoms with Crippen LogP contribution in [0.25, 0.3) is 16.3 Å². The molecule has 1 aliphatic rings. The van der Waals surface area contributed by atoms with E-state index in [-0.39, 0.29) is 23.7 Å². The molecule has 2 aromatic rings. The van der Waals surface area contributed by atoms with E-state index in [2.05, 4.69) is 0 Å². The molecule has 2 N–H and O–H groups in total. The van der Waals surface area contributed by atoms with Gasteiger partial charge in [0, 0.05) is 0 Å². The first-order chi connectivity index (χ1) is 14.0. The first-order valence-electron chi connectivity index (χ1n) is 9.80. The zero-order chi connectivity index (χ0) is 20.8. The van der Waals surface area contributed by atoms with Gasteiger partial charge in [-0.25, -0.2) is 4.79 Å². The number of carbonyl (C=O) groups is 3. The number of esters is 1. The second-order valence-corrected chi connectivity index (χ2v) is 7.29. The lowest BCUT2D eigenvalue weighted by Crippen LogP contribution is -2.21. The monoisotopic (exact) mass is 396 g/mol. The maximum atomic E-state index is 12.6. The van der Waals surface area contributed by atoms with Gasteiger partial charge in [0.05, 0.1) is 18.4 Å². The molecule has 0 spiro atoms. The van der Waals surface area contributed by atoms with Gasteiger partial charge in [-0.15, -0.1) is 0 Å². The number of rotatable bonds is 7. The van der Waals surface area contributed by atoms with Crippen LogP contribution in [-0.4, -0.2) is 34.2 Å². The summed E-state index contributed by atoms with van der Waals surface area (Å²) in [5, 5.41) is 20.6. The standard InChI is InChI=1S/C23H24O6/c24-21(25)13-20(23(27)28)19(14-22(26)29-16-9-2-1-3-10-16)18-12-6-8-15-7-4-5-11-17(15)18/h4-8,11-12,16H,1-3,9-10,13-14H2,(H,24,25)(H,27,28). The van der Waals surface area contributed by atoms with Gasteiger partial charge in [-0.1, -0.05) is 48.9 Å². The van der Waals surface area contributed by atoms with Crippen molar-refractivity contribution in [2.45, 2.75) is 51.0 Å². The Bertz CT molecular complexity index is 947. The average molecular weight is 396 g/mol. The number of hydrogen-bond acceptors (Lipinski definition) is 4. The van der Waals surface area contributed by atoms with Gasteiger partial charge in [0.25, 0.3) is 0 Å². The molecular formula is C23H24O6. The summed E-state index contributed by atoms with van der Waals surface area (Å²) in [5.74, 6) is -3.13. The van der Waals surface area contributed by atoms with Gasteiger partial charge in [0.2, 0.25) is 0 Å². The summed E-state index contributed by atoms with van der Waals surface area (Å²) in [6, 6.07) is 12.8. The van der Waals surface area contributed by atoms with Crippen molar-refractivity contribution in [2.24, 2.45) is 0 Å². The molecule has 6 nitrogen and oxygen atoms in total. The summed E-state index contributed by atoms with van der Waals surface area (Å²) >= 11 is 0. The van der Waals surface area contributed by atoms with Crippen molar-refractivity contribution < 1.29 is 29.3 Å². The lowest BCUT2D eigenvalue weighted by molar-refractivity contribution is -0.149. The van der Waals surface area contributed by atoms with E-state index in [1.54, 1.807) is 12.1 Å². The lowest BCUT2D eigenvalue weighted by Gasteiger charge is -2.22. The molecule has 1 aliphatic carbocycles. The Labute approximate surface area is 168 Å². The molecule has 0 bridgehead atoms. The smallest absolute Gasteiger partial charge is 0.332 e. The first kappa shape index (κ1) is 20.6. The largest absolute Gasteiger partial charge is 0.481 e. The number of hydrogen-bond donors (Lipinski definition) is 2. The molecule has 0 amide bonds. The lowest BCUT2D eigenvalue weighted by atomic mass is 9.91. The Morgan fingerprint density at radius 1 is 0.897 bits per heavy atom. The zero-order valence-electron chi connectivity index (χ0n) is 16.1. The van der Waals surface area contributed by atoms with Crippen molar-refractivity contribution in [2.75, 3.05) is 0 Å². The fourth-order valence-electron chi connectivity index (χ4n) is 3.87. The third-order valence-electron chi connectivity index (χ3n) is 5.24. The summed E-state index contributed by atoms with van der Waals surface area (Å²) in [5.41, 5.74) is 0.439. The summed E-state index contributed by atoms with van der Waals surface area (Å²) in [6.07, 6.45) is 3.63. The van der Waals surface area contributed by atoms with Crippen LogP contribution in [0.3, 0.4) is 0 Å². The highest BCUT2D eigenvalue weighted by Gasteiger charge is 2.25. The number of carboxylic acid groups (broad SMARTS) is 2. The highest BCUT2D eigenvalue weighted by Crippen LogP contribution is 2.32. The Hall–Kier alpha value is -3.15. The van der Waals surface area contributed by atoms with Crippen molar-refractivity contribution in [3.8, 4) is 0 Å². The number of fused-ring (bicyclic) bond motifs is 1. The van der Waals surface area contributed by atoms with E-state index in [1.807, 2.05) is 30.3 Å². The number of carbonyl (C=O) groups excluding carboxylic acids is 1. The van der Waals surface area contributed by atoms with E-state index in [9.17, 15) is 24.6 Å². The fraction of sp³-hybridized carbons (Fsp3) is 0.348. The molecule has 6 heteroatoms. The molecule has 152 valence electrons. The molecule has 1 fully saturated rings. The summed E-state index contributed by atoms with van der Waals surface area (Å²) in [6.45, 7) is 0. The molecule has 3 rings (SSSR count). The van der Waals surface area contributed by atoms with Gasteiger partial charge in [0.1, 0.15) is 6.10 Å². The minimum atomic E-state index is -1.35. The normalized spacial score (nSPS) is 15.6. The molecule has 2 aromatic carbocycles. The van der Waals surface area contributed by atoms with E-state index in [0.29, 0.717) is 5.56 Å². The van der Waals surface area contributed by atoms with Crippen molar-refractivity contribution in [1.82, 2.24) is 0 Å². The number of benzene rings is 2. The van der Waals surface area contributed by atoms with Crippen LogP contribution in [0.4, 0.5) is 0 Å². The van der Waals surface area contributed by atoms with E-state index in [0.717, 1.165) is 42.9 Å². The van der Waals surface area contributed by atoms with Gasteiger partial charge in [-0.3, -0.25) is 9.59 Å². The Morgan fingerprint density at radius 2 is 1.59 bits per heavy atom. The van der Waals surface area contributed by atoms with Gasteiger partial charge < -0.3 is 14.9 Å². The highest BCUT2D eigenvalue weighted by molar-refractivity contribution is 6.07. The second-order valence-electron chi connectivity index (χ2n) is 7.29. The quantitative estimate of drug-likeness (QED) is 0.531. The van der Waals surface area contributed by atoms with Gasteiger partial charge in [-0.05, 0) is 47.6 Å². The van der Waals surface area contributed by atoms with Crippen LogP contribution in [0.5, 0.6) is 0 Å². The Kier molecular flexibility index (Phi) is 6.65. The predicted octanol–water partition coefficient (Wildman–Crippen LogP) is 4.42. The molecular weight excluding hydrogens is 372 g/mol. The molecule has 0 unspecified atom stereocenters. The first-order valence-corrected chi connectivity index (χ1v) is 9.80. The van der Waals surface area contributed by atoms with Crippen molar-refractivity contribution >= 4 is 34.3 Å². The molecule has 0 radical (unpaired) electrons. The topological polar surface area (TPSA) is 101 Å². The fourth-order valence-corrected chi connectivity index (χ4v) is 3.87. The number of ether oxygens (including phenoxy) is 1. The molecule has 0 heterocycles. The minimum absolute atomic E-state index is 0.155. The van der Waals surface area contributed by atoms with Gasteiger partial charge in [-0.2, -0.15) is 0 Å². The van der Waals surface area contributed by atoms with Crippen LogP contribution >= 0.6 is 0 Å². The van der Waals surface area contributed by atoms with Crippen LogP contribution in [0.15, 0.2) is 48.0 Å². The van der Waals surface area contributed by atoms with Crippen LogP contribution in [0.2, 0.25) is 0 Å². The number of aliphatic carboxylic acids is 2. The zero-order valence-corrected chi connectivity index (χ0v) is 16.1. The predicted molar refractivity (Wildman–Crippen MR) is 108 cm³/mol. The van der Waals surface area contributed by atoms with Crippen LogP contribution in [0.1, 0.15) is 50.5 Å². The van der Waals surface area contributed by atoms with Crippen molar-refractivity contribution in [3.05, 3.63) is 53.6 Å². The molecule has 0 aromatic heterocycles. The summed E-state index contributed by atoms with van der Waals surface area (Å²) in [7, 11) is 0.